The molecule has 0 aromatic heterocycles. The first-order chi connectivity index (χ1) is 6.22. The normalized spacial score (nSPS) is 10.0. The summed E-state index contributed by atoms with van der Waals surface area (Å²) in [5.41, 5.74) is 0.848. The number of thioether (sulfide) groups is 1. The lowest BCUT2D eigenvalue weighted by molar-refractivity contribution is 0.252. The Kier molecular flexibility index (Phi) is 3.71. The highest BCUT2D eigenvalue weighted by Gasteiger charge is 2.04. The van der Waals surface area contributed by atoms with E-state index in [1.165, 1.54) is 0 Å². The van der Waals surface area contributed by atoms with Crippen LogP contribution in [0.25, 0.3) is 0 Å². The summed E-state index contributed by atoms with van der Waals surface area (Å²) in [4.78, 5) is 0.525. The minimum atomic E-state index is -2.39. The first-order valence-electron chi connectivity index (χ1n) is 3.63. The molecule has 13 heavy (non-hydrogen) atoms. The van der Waals surface area contributed by atoms with Gasteiger partial charge in [0.2, 0.25) is 0 Å². The third kappa shape index (κ3) is 3.43. The third-order valence-electron chi connectivity index (χ3n) is 1.43. The standard InChI is InChI=1S/C9H7F2NS/c10-9(11)13-8-3-1-7(2-4-8)5-6-12/h1-4,9H,5H2. The fraction of sp³-hybridized carbons (Fsp3) is 0.222. The van der Waals surface area contributed by atoms with Gasteiger partial charge in [-0.2, -0.15) is 14.0 Å². The molecule has 1 aromatic carbocycles. The van der Waals surface area contributed by atoms with Crippen LogP contribution in [0.2, 0.25) is 0 Å². The number of benzene rings is 1. The lowest BCUT2D eigenvalue weighted by atomic mass is 10.2. The molecule has 0 aliphatic heterocycles. The van der Waals surface area contributed by atoms with Crippen molar-refractivity contribution < 1.29 is 8.78 Å². The predicted molar refractivity (Wildman–Crippen MR) is 47.6 cm³/mol. The number of nitriles is 1. The van der Waals surface area contributed by atoms with Crippen molar-refractivity contribution in [3.63, 3.8) is 0 Å². The second-order valence-corrected chi connectivity index (χ2v) is 3.42. The quantitative estimate of drug-likeness (QED) is 0.698. The molecule has 0 aliphatic carbocycles. The van der Waals surface area contributed by atoms with Gasteiger partial charge in [-0.05, 0) is 17.7 Å². The number of alkyl halides is 2. The lowest BCUT2D eigenvalue weighted by Crippen LogP contribution is -1.83. The van der Waals surface area contributed by atoms with Crippen LogP contribution in [0.3, 0.4) is 0 Å². The van der Waals surface area contributed by atoms with Gasteiger partial charge in [0.25, 0.3) is 5.76 Å². The molecular weight excluding hydrogens is 192 g/mol. The summed E-state index contributed by atoms with van der Waals surface area (Å²) in [6.45, 7) is 0. The summed E-state index contributed by atoms with van der Waals surface area (Å²) in [6.07, 6.45) is 0.319. The Labute approximate surface area is 79.4 Å². The van der Waals surface area contributed by atoms with Crippen molar-refractivity contribution in [3.05, 3.63) is 29.8 Å². The smallest absolute Gasteiger partial charge is 0.198 e. The highest BCUT2D eigenvalue weighted by Crippen LogP contribution is 2.24. The van der Waals surface area contributed by atoms with Crippen LogP contribution in [0, 0.1) is 11.3 Å². The van der Waals surface area contributed by atoms with E-state index >= 15 is 0 Å². The zero-order valence-corrected chi connectivity index (χ0v) is 7.52. The maximum atomic E-state index is 11.9. The summed E-state index contributed by atoms with van der Waals surface area (Å²) in [5, 5.41) is 8.36. The Morgan fingerprint density at radius 1 is 1.31 bits per heavy atom. The van der Waals surface area contributed by atoms with Crippen molar-refractivity contribution >= 4 is 11.8 Å². The van der Waals surface area contributed by atoms with E-state index in [2.05, 4.69) is 0 Å². The molecule has 1 rings (SSSR count). The van der Waals surface area contributed by atoms with Gasteiger partial charge in [0.15, 0.2) is 0 Å². The lowest BCUT2D eigenvalue weighted by Gasteiger charge is -2.00. The van der Waals surface area contributed by atoms with Crippen molar-refractivity contribution in [1.82, 2.24) is 0 Å². The Hall–Kier alpha value is -1.08. The Bertz CT molecular complexity index is 302. The fourth-order valence-electron chi connectivity index (χ4n) is 0.880. The van der Waals surface area contributed by atoms with E-state index < -0.39 is 5.76 Å². The van der Waals surface area contributed by atoms with Crippen molar-refractivity contribution in [2.24, 2.45) is 0 Å². The van der Waals surface area contributed by atoms with Crippen LogP contribution >= 0.6 is 11.8 Å². The van der Waals surface area contributed by atoms with Crippen LogP contribution in [-0.4, -0.2) is 5.76 Å². The van der Waals surface area contributed by atoms with E-state index in [1.54, 1.807) is 24.3 Å². The van der Waals surface area contributed by atoms with E-state index in [4.69, 9.17) is 5.26 Å². The highest BCUT2D eigenvalue weighted by atomic mass is 32.2. The second-order valence-electron chi connectivity index (χ2n) is 2.36. The topological polar surface area (TPSA) is 23.8 Å². The average Bonchev–Trinajstić information content (AvgIpc) is 2.08. The number of rotatable bonds is 3. The summed E-state index contributed by atoms with van der Waals surface area (Å²) in [5.74, 6) is -2.39. The van der Waals surface area contributed by atoms with Crippen molar-refractivity contribution in [2.75, 3.05) is 0 Å². The first kappa shape index (κ1) is 10.0. The molecule has 0 saturated heterocycles. The number of hydrogen-bond acceptors (Lipinski definition) is 2. The maximum Gasteiger partial charge on any atom is 0.288 e. The van der Waals surface area contributed by atoms with Gasteiger partial charge in [-0.15, -0.1) is 0 Å². The average molecular weight is 199 g/mol. The molecule has 0 amide bonds. The molecule has 0 saturated carbocycles. The number of hydrogen-bond donors (Lipinski definition) is 0. The summed E-state index contributed by atoms with van der Waals surface area (Å²) < 4.78 is 23.8. The SMILES string of the molecule is N#CCc1ccc(SC(F)F)cc1. The molecule has 0 aliphatic rings. The Balaban J connectivity index is 2.65. The van der Waals surface area contributed by atoms with Crippen LogP contribution in [-0.2, 0) is 6.42 Å². The Morgan fingerprint density at radius 3 is 2.38 bits per heavy atom. The van der Waals surface area contributed by atoms with Crippen LogP contribution < -0.4 is 0 Å². The summed E-state index contributed by atoms with van der Waals surface area (Å²) in [7, 11) is 0. The number of halogens is 2. The molecule has 0 N–H and O–H groups in total. The molecule has 1 aromatic rings. The minimum Gasteiger partial charge on any atom is -0.198 e. The molecule has 1 nitrogen and oxygen atoms in total. The Morgan fingerprint density at radius 2 is 1.92 bits per heavy atom. The van der Waals surface area contributed by atoms with Gasteiger partial charge in [-0.3, -0.25) is 0 Å². The predicted octanol–water partition coefficient (Wildman–Crippen LogP) is 3.07. The molecule has 0 radical (unpaired) electrons. The van der Waals surface area contributed by atoms with Crippen LogP contribution in [0.4, 0.5) is 8.78 Å². The van der Waals surface area contributed by atoms with Gasteiger partial charge in [0, 0.05) is 4.90 Å². The molecule has 4 heteroatoms. The fourth-order valence-corrected chi connectivity index (χ4v) is 1.38. The summed E-state index contributed by atoms with van der Waals surface area (Å²) >= 11 is 0.509. The van der Waals surface area contributed by atoms with Crippen molar-refractivity contribution in [1.29, 1.82) is 5.26 Å². The van der Waals surface area contributed by atoms with E-state index in [0.717, 1.165) is 5.56 Å². The van der Waals surface area contributed by atoms with Crippen molar-refractivity contribution in [3.8, 4) is 6.07 Å². The molecule has 0 fully saturated rings. The molecule has 0 bridgehead atoms. The van der Waals surface area contributed by atoms with Gasteiger partial charge < -0.3 is 0 Å². The van der Waals surface area contributed by atoms with Gasteiger partial charge >= 0.3 is 0 Å². The largest absolute Gasteiger partial charge is 0.288 e. The molecule has 0 unspecified atom stereocenters. The zero-order valence-electron chi connectivity index (χ0n) is 6.71. The monoisotopic (exact) mass is 199 g/mol. The maximum absolute atomic E-state index is 11.9. The summed E-state index contributed by atoms with van der Waals surface area (Å²) in [6, 6.07) is 8.57. The van der Waals surface area contributed by atoms with Gasteiger partial charge in [0.05, 0.1) is 12.5 Å². The van der Waals surface area contributed by atoms with Gasteiger partial charge in [-0.1, -0.05) is 23.9 Å². The van der Waals surface area contributed by atoms with E-state index in [0.29, 0.717) is 23.1 Å². The molecule has 0 heterocycles. The molecule has 0 spiro atoms. The van der Waals surface area contributed by atoms with Gasteiger partial charge in [-0.25, -0.2) is 0 Å². The minimum absolute atomic E-state index is 0.319. The van der Waals surface area contributed by atoms with Crippen LogP contribution in [0.5, 0.6) is 0 Å². The van der Waals surface area contributed by atoms with Crippen LogP contribution in [0.15, 0.2) is 29.2 Å². The second kappa shape index (κ2) is 4.83. The molecule has 0 atom stereocenters. The van der Waals surface area contributed by atoms with Crippen LogP contribution in [0.1, 0.15) is 5.56 Å². The van der Waals surface area contributed by atoms with Gasteiger partial charge in [0.1, 0.15) is 0 Å². The highest BCUT2D eigenvalue weighted by molar-refractivity contribution is 7.99. The van der Waals surface area contributed by atoms with E-state index in [-0.39, 0.29) is 0 Å². The van der Waals surface area contributed by atoms with E-state index in [1.807, 2.05) is 6.07 Å². The molecule has 68 valence electrons. The first-order valence-corrected chi connectivity index (χ1v) is 4.51. The van der Waals surface area contributed by atoms with Crippen molar-refractivity contribution in [2.45, 2.75) is 17.1 Å². The third-order valence-corrected chi connectivity index (χ3v) is 2.15. The molecular formula is C9H7F2NS. The number of nitrogens with zero attached hydrogens (tertiary/aromatic N) is 1. The van der Waals surface area contributed by atoms with E-state index in [9.17, 15) is 8.78 Å². The zero-order chi connectivity index (χ0) is 9.68.